The Kier molecular flexibility index (Phi) is 4.11. The normalized spacial score (nSPS) is 11.2. The zero-order chi connectivity index (χ0) is 15.5. The molecule has 0 fully saturated rings. The number of hydrogen-bond donors (Lipinski definition) is 1. The number of halogens is 3. The lowest BCUT2D eigenvalue weighted by molar-refractivity contribution is -0.384. The van der Waals surface area contributed by atoms with E-state index in [1.165, 1.54) is 24.3 Å². The Morgan fingerprint density at radius 1 is 1.10 bits per heavy atom. The minimum absolute atomic E-state index is 0.0298. The fourth-order valence-corrected chi connectivity index (χ4v) is 1.75. The molecule has 0 bridgehead atoms. The predicted octanol–water partition coefficient (Wildman–Crippen LogP) is 4.23. The van der Waals surface area contributed by atoms with Gasteiger partial charge in [0.1, 0.15) is 0 Å². The van der Waals surface area contributed by atoms with Gasteiger partial charge in [0.25, 0.3) is 5.69 Å². The van der Waals surface area contributed by atoms with Gasteiger partial charge in [-0.3, -0.25) is 10.1 Å². The van der Waals surface area contributed by atoms with Crippen molar-refractivity contribution < 1.29 is 18.1 Å². The molecular weight excluding hydrogens is 285 g/mol. The number of nitro groups is 1. The van der Waals surface area contributed by atoms with Gasteiger partial charge in [-0.15, -0.1) is 0 Å². The number of non-ortho nitro benzene ring substituents is 1. The molecule has 2 aromatic rings. The Morgan fingerprint density at radius 3 is 2.33 bits per heavy atom. The molecule has 0 saturated carbocycles. The van der Waals surface area contributed by atoms with Crippen molar-refractivity contribution in [2.24, 2.45) is 0 Å². The maximum Gasteiger partial charge on any atom is 0.416 e. The van der Waals surface area contributed by atoms with Gasteiger partial charge < -0.3 is 5.32 Å². The third-order valence-corrected chi connectivity index (χ3v) is 2.83. The van der Waals surface area contributed by atoms with Crippen LogP contribution >= 0.6 is 0 Å². The van der Waals surface area contributed by atoms with E-state index in [2.05, 4.69) is 5.32 Å². The second kappa shape index (κ2) is 5.82. The largest absolute Gasteiger partial charge is 0.416 e. The minimum atomic E-state index is -4.38. The van der Waals surface area contributed by atoms with Gasteiger partial charge >= 0.3 is 6.18 Å². The summed E-state index contributed by atoms with van der Waals surface area (Å²) in [5.74, 6) is 0. The van der Waals surface area contributed by atoms with Crippen LogP contribution in [0.15, 0.2) is 48.5 Å². The summed E-state index contributed by atoms with van der Waals surface area (Å²) in [6, 6.07) is 10.7. The summed E-state index contributed by atoms with van der Waals surface area (Å²) in [5, 5.41) is 13.4. The van der Waals surface area contributed by atoms with Crippen molar-refractivity contribution >= 4 is 11.4 Å². The summed E-state index contributed by atoms with van der Waals surface area (Å²) in [7, 11) is 0. The molecule has 21 heavy (non-hydrogen) atoms. The van der Waals surface area contributed by atoms with E-state index >= 15 is 0 Å². The number of benzene rings is 2. The molecule has 0 heterocycles. The quantitative estimate of drug-likeness (QED) is 0.678. The van der Waals surface area contributed by atoms with E-state index in [9.17, 15) is 23.3 Å². The van der Waals surface area contributed by atoms with Gasteiger partial charge in [0.15, 0.2) is 0 Å². The molecule has 0 unspecified atom stereocenters. The minimum Gasteiger partial charge on any atom is -0.381 e. The van der Waals surface area contributed by atoms with E-state index < -0.39 is 16.7 Å². The summed E-state index contributed by atoms with van der Waals surface area (Å²) in [6.07, 6.45) is -4.38. The molecule has 0 atom stereocenters. The highest BCUT2D eigenvalue weighted by atomic mass is 19.4. The summed E-state index contributed by atoms with van der Waals surface area (Å²) in [6.45, 7) is 0.277. The Labute approximate surface area is 118 Å². The molecule has 0 saturated heterocycles. The van der Waals surface area contributed by atoms with Gasteiger partial charge in [0.05, 0.1) is 10.5 Å². The van der Waals surface area contributed by atoms with Crippen LogP contribution in [0.5, 0.6) is 0 Å². The first-order chi connectivity index (χ1) is 9.86. The molecule has 2 rings (SSSR count). The van der Waals surface area contributed by atoms with Crippen molar-refractivity contribution in [3.63, 3.8) is 0 Å². The summed E-state index contributed by atoms with van der Waals surface area (Å²) < 4.78 is 37.7. The van der Waals surface area contributed by atoms with Crippen LogP contribution in [0, 0.1) is 10.1 Å². The number of nitrogens with one attached hydrogen (secondary N) is 1. The highest BCUT2D eigenvalue weighted by Gasteiger charge is 2.30. The number of nitro benzene ring substituents is 1. The number of alkyl halides is 3. The summed E-state index contributed by atoms with van der Waals surface area (Å²) in [4.78, 5) is 10.00. The van der Waals surface area contributed by atoms with Gasteiger partial charge in [-0.1, -0.05) is 18.2 Å². The lowest BCUT2D eigenvalue weighted by Crippen LogP contribution is -2.06. The van der Waals surface area contributed by atoms with Crippen molar-refractivity contribution in [3.05, 3.63) is 69.8 Å². The maximum absolute atomic E-state index is 12.6. The van der Waals surface area contributed by atoms with Gasteiger partial charge in [-0.2, -0.15) is 13.2 Å². The molecule has 0 aromatic heterocycles. The highest BCUT2D eigenvalue weighted by molar-refractivity contribution is 5.47. The van der Waals surface area contributed by atoms with E-state index in [-0.39, 0.29) is 12.2 Å². The second-order valence-electron chi connectivity index (χ2n) is 4.36. The zero-order valence-electron chi connectivity index (χ0n) is 10.7. The van der Waals surface area contributed by atoms with Crippen LogP contribution in [0.3, 0.4) is 0 Å². The molecule has 0 radical (unpaired) electrons. The first kappa shape index (κ1) is 14.8. The van der Waals surface area contributed by atoms with E-state index in [0.29, 0.717) is 5.69 Å². The third kappa shape index (κ3) is 3.95. The van der Waals surface area contributed by atoms with Gasteiger partial charge in [-0.25, -0.2) is 0 Å². The average Bonchev–Trinajstić information content (AvgIpc) is 2.45. The molecular formula is C14H11F3N2O2. The second-order valence-corrected chi connectivity index (χ2v) is 4.36. The number of nitrogens with zero attached hydrogens (tertiary/aromatic N) is 1. The molecule has 4 nitrogen and oxygen atoms in total. The van der Waals surface area contributed by atoms with Crippen LogP contribution in [0.25, 0.3) is 0 Å². The van der Waals surface area contributed by atoms with Crippen molar-refractivity contribution in [2.45, 2.75) is 12.7 Å². The monoisotopic (exact) mass is 296 g/mol. The van der Waals surface area contributed by atoms with Crippen LogP contribution in [-0.2, 0) is 12.7 Å². The summed E-state index contributed by atoms with van der Waals surface area (Å²) >= 11 is 0. The highest BCUT2D eigenvalue weighted by Crippen LogP contribution is 2.30. The SMILES string of the molecule is O=[N+]([O-])c1ccc(CNc2cccc(C(F)(F)F)c2)cc1. The maximum atomic E-state index is 12.6. The molecule has 0 amide bonds. The molecule has 0 aliphatic heterocycles. The van der Waals surface area contributed by atoms with Gasteiger partial charge in [-0.05, 0) is 23.8 Å². The van der Waals surface area contributed by atoms with Crippen molar-refractivity contribution in [3.8, 4) is 0 Å². The predicted molar refractivity (Wildman–Crippen MR) is 71.9 cm³/mol. The molecule has 0 aliphatic carbocycles. The Morgan fingerprint density at radius 2 is 1.76 bits per heavy atom. The smallest absolute Gasteiger partial charge is 0.381 e. The lowest BCUT2D eigenvalue weighted by atomic mass is 10.1. The molecule has 2 aromatic carbocycles. The number of anilines is 1. The third-order valence-electron chi connectivity index (χ3n) is 2.83. The molecule has 0 aliphatic rings. The Balaban J connectivity index is 2.04. The average molecular weight is 296 g/mol. The van der Waals surface area contributed by atoms with Crippen LogP contribution < -0.4 is 5.32 Å². The van der Waals surface area contributed by atoms with E-state index in [4.69, 9.17) is 0 Å². The fourth-order valence-electron chi connectivity index (χ4n) is 1.75. The number of hydrogen-bond acceptors (Lipinski definition) is 3. The molecule has 1 N–H and O–H groups in total. The van der Waals surface area contributed by atoms with Crippen molar-refractivity contribution in [2.75, 3.05) is 5.32 Å². The van der Waals surface area contributed by atoms with Crippen molar-refractivity contribution in [1.82, 2.24) is 0 Å². The van der Waals surface area contributed by atoms with E-state index in [0.717, 1.165) is 17.7 Å². The Hall–Kier alpha value is -2.57. The van der Waals surface area contributed by atoms with Crippen molar-refractivity contribution in [1.29, 1.82) is 0 Å². The molecule has 0 spiro atoms. The fraction of sp³-hybridized carbons (Fsp3) is 0.143. The first-order valence-corrected chi connectivity index (χ1v) is 6.01. The van der Waals surface area contributed by atoms with Gasteiger partial charge in [0, 0.05) is 24.4 Å². The molecule has 110 valence electrons. The first-order valence-electron chi connectivity index (χ1n) is 6.01. The standard InChI is InChI=1S/C14H11F3N2O2/c15-14(16,17)11-2-1-3-12(8-11)18-9-10-4-6-13(7-5-10)19(20)21/h1-8,18H,9H2. The number of rotatable bonds is 4. The van der Waals surface area contributed by atoms with Crippen LogP contribution in [0.4, 0.5) is 24.5 Å². The lowest BCUT2D eigenvalue weighted by Gasteiger charge is -2.10. The van der Waals surface area contributed by atoms with Crippen LogP contribution in [0.1, 0.15) is 11.1 Å². The molecule has 7 heteroatoms. The van der Waals surface area contributed by atoms with E-state index in [1.807, 2.05) is 0 Å². The van der Waals surface area contributed by atoms with Crippen LogP contribution in [0.2, 0.25) is 0 Å². The zero-order valence-corrected chi connectivity index (χ0v) is 10.7. The Bertz CT molecular complexity index is 639. The van der Waals surface area contributed by atoms with E-state index in [1.54, 1.807) is 12.1 Å². The van der Waals surface area contributed by atoms with Crippen LogP contribution in [-0.4, -0.2) is 4.92 Å². The topological polar surface area (TPSA) is 55.2 Å². The van der Waals surface area contributed by atoms with Gasteiger partial charge in [0.2, 0.25) is 0 Å². The summed E-state index contributed by atoms with van der Waals surface area (Å²) in [5.41, 5.74) is 0.315.